The van der Waals surface area contributed by atoms with E-state index in [1.54, 1.807) is 11.0 Å². The monoisotopic (exact) mass is 148 g/mol. The van der Waals surface area contributed by atoms with Gasteiger partial charge in [-0.2, -0.15) is 4.98 Å². The van der Waals surface area contributed by atoms with Crippen molar-refractivity contribution in [1.29, 1.82) is 0 Å². The molecule has 0 N–H and O–H groups in total. The third-order valence-corrected chi connectivity index (χ3v) is 1.42. The Balaban J connectivity index is 2.45. The van der Waals surface area contributed by atoms with Crippen molar-refractivity contribution in [2.45, 2.75) is 0 Å². The van der Waals surface area contributed by atoms with Gasteiger partial charge in [0, 0.05) is 19.4 Å². The van der Waals surface area contributed by atoms with E-state index in [4.69, 9.17) is 0 Å². The standard InChI is InChI=1S/C7H8N4/c1-10-6-8-7(9-10)11-4-2-3-5-11/h2-6H,1H3. The molecule has 56 valence electrons. The molecule has 0 unspecified atom stereocenters. The summed E-state index contributed by atoms with van der Waals surface area (Å²) >= 11 is 0. The molecule has 2 aromatic heterocycles. The molecule has 0 aliphatic carbocycles. The van der Waals surface area contributed by atoms with Gasteiger partial charge in [-0.25, -0.2) is 0 Å². The van der Waals surface area contributed by atoms with E-state index in [9.17, 15) is 0 Å². The quantitative estimate of drug-likeness (QED) is 0.593. The van der Waals surface area contributed by atoms with Crippen molar-refractivity contribution in [3.8, 4) is 5.95 Å². The lowest BCUT2D eigenvalue weighted by atomic mass is 10.7. The maximum Gasteiger partial charge on any atom is 0.252 e. The van der Waals surface area contributed by atoms with Gasteiger partial charge in [0.2, 0.25) is 0 Å². The summed E-state index contributed by atoms with van der Waals surface area (Å²) in [6.45, 7) is 0. The van der Waals surface area contributed by atoms with Gasteiger partial charge in [0.1, 0.15) is 6.33 Å². The fourth-order valence-corrected chi connectivity index (χ4v) is 0.914. The number of hydrogen-bond acceptors (Lipinski definition) is 2. The Morgan fingerprint density at radius 3 is 2.55 bits per heavy atom. The van der Waals surface area contributed by atoms with E-state index in [1.807, 2.05) is 36.1 Å². The van der Waals surface area contributed by atoms with Crippen molar-refractivity contribution >= 4 is 0 Å². The van der Waals surface area contributed by atoms with Crippen LogP contribution < -0.4 is 0 Å². The molecule has 0 atom stereocenters. The fraction of sp³-hybridized carbons (Fsp3) is 0.143. The summed E-state index contributed by atoms with van der Waals surface area (Å²) in [7, 11) is 1.85. The molecule has 0 radical (unpaired) electrons. The largest absolute Gasteiger partial charge is 0.292 e. The van der Waals surface area contributed by atoms with Crippen LogP contribution in [0.1, 0.15) is 0 Å². The molecule has 0 spiro atoms. The topological polar surface area (TPSA) is 35.6 Å². The average Bonchev–Trinajstić information content (AvgIpc) is 2.55. The summed E-state index contributed by atoms with van der Waals surface area (Å²) in [4.78, 5) is 4.07. The molecule has 0 saturated heterocycles. The number of aromatic nitrogens is 4. The highest BCUT2D eigenvalue weighted by Crippen LogP contribution is 1.98. The van der Waals surface area contributed by atoms with Crippen molar-refractivity contribution in [3.05, 3.63) is 30.9 Å². The van der Waals surface area contributed by atoms with E-state index in [-0.39, 0.29) is 0 Å². The summed E-state index contributed by atoms with van der Waals surface area (Å²) in [6, 6.07) is 3.88. The lowest BCUT2D eigenvalue weighted by Crippen LogP contribution is -1.94. The van der Waals surface area contributed by atoms with Crippen LogP contribution in [-0.2, 0) is 7.05 Å². The predicted octanol–water partition coefficient (Wildman–Crippen LogP) is 0.606. The Labute approximate surface area is 64.1 Å². The van der Waals surface area contributed by atoms with Gasteiger partial charge < -0.3 is 0 Å². The second-order valence-corrected chi connectivity index (χ2v) is 2.31. The van der Waals surface area contributed by atoms with Crippen molar-refractivity contribution in [2.75, 3.05) is 0 Å². The van der Waals surface area contributed by atoms with Gasteiger partial charge in [0.05, 0.1) is 0 Å². The zero-order valence-corrected chi connectivity index (χ0v) is 6.18. The van der Waals surface area contributed by atoms with E-state index in [0.29, 0.717) is 5.95 Å². The number of hydrogen-bond donors (Lipinski definition) is 0. The van der Waals surface area contributed by atoms with Crippen LogP contribution in [0.4, 0.5) is 0 Å². The van der Waals surface area contributed by atoms with E-state index >= 15 is 0 Å². The Morgan fingerprint density at radius 2 is 2.00 bits per heavy atom. The SMILES string of the molecule is Cn1cnc(-n2cccc2)n1. The van der Waals surface area contributed by atoms with Crippen molar-refractivity contribution in [1.82, 2.24) is 19.3 Å². The first-order valence-corrected chi connectivity index (χ1v) is 3.35. The molecule has 0 aliphatic rings. The van der Waals surface area contributed by atoms with Gasteiger partial charge in [0.15, 0.2) is 0 Å². The summed E-state index contributed by atoms with van der Waals surface area (Å²) in [6.07, 6.45) is 5.50. The van der Waals surface area contributed by atoms with E-state index < -0.39 is 0 Å². The zero-order chi connectivity index (χ0) is 7.68. The normalized spacial score (nSPS) is 10.3. The highest BCUT2D eigenvalue weighted by Gasteiger charge is 1.97. The lowest BCUT2D eigenvalue weighted by molar-refractivity contribution is 0.751. The van der Waals surface area contributed by atoms with Crippen molar-refractivity contribution in [3.63, 3.8) is 0 Å². The van der Waals surface area contributed by atoms with Crippen LogP contribution in [-0.4, -0.2) is 19.3 Å². The molecule has 0 fully saturated rings. The zero-order valence-electron chi connectivity index (χ0n) is 6.18. The van der Waals surface area contributed by atoms with E-state index in [2.05, 4.69) is 10.1 Å². The Morgan fingerprint density at radius 1 is 1.27 bits per heavy atom. The molecule has 0 aliphatic heterocycles. The average molecular weight is 148 g/mol. The molecule has 11 heavy (non-hydrogen) atoms. The molecule has 0 bridgehead atoms. The predicted molar refractivity (Wildman–Crippen MR) is 40.3 cm³/mol. The Kier molecular flexibility index (Phi) is 1.25. The Hall–Kier alpha value is -1.58. The number of rotatable bonds is 1. The van der Waals surface area contributed by atoms with Crippen molar-refractivity contribution < 1.29 is 0 Å². The first-order chi connectivity index (χ1) is 5.36. The van der Waals surface area contributed by atoms with Crippen molar-refractivity contribution in [2.24, 2.45) is 7.05 Å². The van der Waals surface area contributed by atoms with Gasteiger partial charge in [-0.15, -0.1) is 5.10 Å². The molecular weight excluding hydrogens is 140 g/mol. The molecule has 2 heterocycles. The summed E-state index contributed by atoms with van der Waals surface area (Å²) in [5.74, 6) is 0.706. The van der Waals surface area contributed by atoms with Crippen LogP contribution >= 0.6 is 0 Å². The maximum absolute atomic E-state index is 4.12. The van der Waals surface area contributed by atoms with Crippen LogP contribution in [0.15, 0.2) is 30.9 Å². The molecule has 2 aromatic rings. The van der Waals surface area contributed by atoms with Crippen LogP contribution in [0.2, 0.25) is 0 Å². The number of nitrogens with zero attached hydrogens (tertiary/aromatic N) is 4. The lowest BCUT2D eigenvalue weighted by Gasteiger charge is -1.91. The first kappa shape index (κ1) is 6.15. The molecule has 2 rings (SSSR count). The van der Waals surface area contributed by atoms with Gasteiger partial charge in [-0.3, -0.25) is 9.25 Å². The second kappa shape index (κ2) is 2.23. The minimum atomic E-state index is 0.706. The molecule has 0 amide bonds. The third kappa shape index (κ3) is 1.02. The summed E-state index contributed by atoms with van der Waals surface area (Å²) in [5, 5.41) is 4.12. The molecule has 4 nitrogen and oxygen atoms in total. The van der Waals surface area contributed by atoms with Gasteiger partial charge in [-0.05, 0) is 12.1 Å². The third-order valence-electron chi connectivity index (χ3n) is 1.42. The Bertz CT molecular complexity index is 333. The number of aryl methyl sites for hydroxylation is 1. The fourth-order valence-electron chi connectivity index (χ4n) is 0.914. The summed E-state index contributed by atoms with van der Waals surface area (Å²) < 4.78 is 3.54. The second-order valence-electron chi connectivity index (χ2n) is 2.31. The van der Waals surface area contributed by atoms with Crippen LogP contribution in [0, 0.1) is 0 Å². The molecule has 4 heteroatoms. The molecule has 0 saturated carbocycles. The van der Waals surface area contributed by atoms with Gasteiger partial charge in [-0.1, -0.05) is 0 Å². The minimum Gasteiger partial charge on any atom is -0.292 e. The van der Waals surface area contributed by atoms with Crippen LogP contribution in [0.3, 0.4) is 0 Å². The van der Waals surface area contributed by atoms with Crippen LogP contribution in [0.5, 0.6) is 0 Å². The smallest absolute Gasteiger partial charge is 0.252 e. The van der Waals surface area contributed by atoms with Gasteiger partial charge >= 0.3 is 0 Å². The highest BCUT2D eigenvalue weighted by atomic mass is 15.4. The van der Waals surface area contributed by atoms with Crippen LogP contribution in [0.25, 0.3) is 5.95 Å². The molecule has 0 aromatic carbocycles. The maximum atomic E-state index is 4.12. The minimum absolute atomic E-state index is 0.706. The molecular formula is C7H8N4. The van der Waals surface area contributed by atoms with E-state index in [0.717, 1.165) is 0 Å². The summed E-state index contributed by atoms with van der Waals surface area (Å²) in [5.41, 5.74) is 0. The van der Waals surface area contributed by atoms with E-state index in [1.165, 1.54) is 0 Å². The van der Waals surface area contributed by atoms with Gasteiger partial charge in [0.25, 0.3) is 5.95 Å². The highest BCUT2D eigenvalue weighted by molar-refractivity contribution is 5.10. The first-order valence-electron chi connectivity index (χ1n) is 3.35.